The van der Waals surface area contributed by atoms with Gasteiger partial charge in [-0.1, -0.05) is 30.3 Å². The van der Waals surface area contributed by atoms with Crippen LogP contribution in [0.4, 0.5) is 0 Å². The molecular weight excluding hydrogens is 300 g/mol. The number of hydrogen-bond acceptors (Lipinski definition) is 5. The Morgan fingerprint density at radius 3 is 2.64 bits per heavy atom. The van der Waals surface area contributed by atoms with Crippen molar-refractivity contribution in [3.8, 4) is 11.8 Å². The number of carbonyl (C=O) groups excluding carboxylic acids is 1. The lowest BCUT2D eigenvalue weighted by atomic mass is 10.0. The quantitative estimate of drug-likeness (QED) is 0.712. The maximum atomic E-state index is 12.6. The third-order valence-electron chi connectivity index (χ3n) is 3.43. The average molecular weight is 310 g/mol. The van der Waals surface area contributed by atoms with E-state index in [-0.39, 0.29) is 17.1 Å². The normalized spacial score (nSPS) is 10.5. The number of rotatable bonds is 2. The van der Waals surface area contributed by atoms with Crippen molar-refractivity contribution in [2.24, 2.45) is 0 Å². The average Bonchev–Trinajstić information content (AvgIpc) is 2.84. The molecule has 0 amide bonds. The van der Waals surface area contributed by atoms with Gasteiger partial charge < -0.3 is 10.1 Å². The summed E-state index contributed by atoms with van der Waals surface area (Å²) in [5.74, 6) is -0.555. The van der Waals surface area contributed by atoms with Gasteiger partial charge in [-0.2, -0.15) is 5.26 Å². The fraction of sp³-hybridized carbons (Fsp3) is 0.0625. The van der Waals surface area contributed by atoms with E-state index in [1.165, 1.54) is 0 Å². The van der Waals surface area contributed by atoms with E-state index >= 15 is 0 Å². The van der Waals surface area contributed by atoms with Gasteiger partial charge in [0.1, 0.15) is 16.6 Å². The molecule has 2 N–H and O–H groups in total. The number of pyridine rings is 1. The van der Waals surface area contributed by atoms with Gasteiger partial charge in [-0.15, -0.1) is 11.3 Å². The number of ketones is 1. The molecule has 3 rings (SSSR count). The molecule has 2 heterocycles. The zero-order valence-corrected chi connectivity index (χ0v) is 12.3. The predicted octanol–water partition coefficient (Wildman–Crippen LogP) is 2.71. The molecule has 0 radical (unpaired) electrons. The number of carbonyl (C=O) groups is 1. The second kappa shape index (κ2) is 5.13. The van der Waals surface area contributed by atoms with Crippen LogP contribution >= 0.6 is 11.3 Å². The molecule has 0 unspecified atom stereocenters. The maximum absolute atomic E-state index is 12.6. The lowest BCUT2D eigenvalue weighted by Gasteiger charge is -2.00. The van der Waals surface area contributed by atoms with Crippen LogP contribution in [0.1, 0.15) is 26.4 Å². The minimum Gasteiger partial charge on any atom is -0.506 e. The Bertz CT molecular complexity index is 994. The fourth-order valence-corrected chi connectivity index (χ4v) is 3.49. The highest BCUT2D eigenvalue weighted by Crippen LogP contribution is 2.36. The maximum Gasteiger partial charge on any atom is 0.270 e. The largest absolute Gasteiger partial charge is 0.506 e. The van der Waals surface area contributed by atoms with E-state index in [4.69, 9.17) is 5.26 Å². The SMILES string of the molecule is Cc1c(C(=O)c2ccccc2)sc2[nH]c(=O)c(C#N)c(O)c12. The van der Waals surface area contributed by atoms with Crippen LogP contribution in [-0.2, 0) is 0 Å². The van der Waals surface area contributed by atoms with Crippen molar-refractivity contribution in [3.05, 3.63) is 62.3 Å². The highest BCUT2D eigenvalue weighted by atomic mass is 32.1. The summed E-state index contributed by atoms with van der Waals surface area (Å²) in [6.07, 6.45) is 0. The Morgan fingerprint density at radius 1 is 1.32 bits per heavy atom. The van der Waals surface area contributed by atoms with Gasteiger partial charge in [-0.3, -0.25) is 9.59 Å². The Labute approximate surface area is 129 Å². The number of aromatic amines is 1. The first-order chi connectivity index (χ1) is 10.5. The third-order valence-corrected chi connectivity index (χ3v) is 4.63. The number of nitriles is 1. The van der Waals surface area contributed by atoms with Gasteiger partial charge in [0.15, 0.2) is 5.56 Å². The molecular formula is C16H10N2O3S. The van der Waals surface area contributed by atoms with Crippen LogP contribution in [0.15, 0.2) is 35.1 Å². The van der Waals surface area contributed by atoms with Gasteiger partial charge >= 0.3 is 0 Å². The van der Waals surface area contributed by atoms with Crippen molar-refractivity contribution in [1.29, 1.82) is 5.26 Å². The minimum absolute atomic E-state index is 0.182. The number of nitrogens with zero attached hydrogens (tertiary/aromatic N) is 1. The molecule has 0 atom stereocenters. The zero-order chi connectivity index (χ0) is 15.9. The van der Waals surface area contributed by atoms with Gasteiger partial charge in [0.05, 0.1) is 10.3 Å². The van der Waals surface area contributed by atoms with E-state index in [0.717, 1.165) is 11.3 Å². The molecule has 6 heteroatoms. The van der Waals surface area contributed by atoms with Crippen molar-refractivity contribution < 1.29 is 9.90 Å². The van der Waals surface area contributed by atoms with Crippen molar-refractivity contribution in [2.45, 2.75) is 6.92 Å². The Kier molecular flexibility index (Phi) is 3.28. The third kappa shape index (κ3) is 2.00. The Morgan fingerprint density at radius 2 is 2.00 bits per heavy atom. The molecule has 0 saturated carbocycles. The van der Waals surface area contributed by atoms with E-state index in [0.29, 0.717) is 26.2 Å². The molecule has 5 nitrogen and oxygen atoms in total. The highest BCUT2D eigenvalue weighted by Gasteiger charge is 2.22. The first kappa shape index (κ1) is 14.0. The van der Waals surface area contributed by atoms with E-state index in [1.54, 1.807) is 37.3 Å². The summed E-state index contributed by atoms with van der Waals surface area (Å²) in [4.78, 5) is 27.7. The van der Waals surface area contributed by atoms with Crippen LogP contribution in [0.5, 0.6) is 5.75 Å². The first-order valence-electron chi connectivity index (χ1n) is 6.42. The molecule has 0 saturated heterocycles. The second-order valence-electron chi connectivity index (χ2n) is 4.74. The summed E-state index contributed by atoms with van der Waals surface area (Å²) in [6, 6.07) is 10.4. The van der Waals surface area contributed by atoms with E-state index in [1.807, 2.05) is 6.07 Å². The molecule has 3 aromatic rings. The number of aromatic hydroxyl groups is 1. The summed E-state index contributed by atoms with van der Waals surface area (Å²) in [5, 5.41) is 19.4. The van der Waals surface area contributed by atoms with Crippen LogP contribution in [0.25, 0.3) is 10.2 Å². The first-order valence-corrected chi connectivity index (χ1v) is 7.24. The molecule has 1 aromatic carbocycles. The number of fused-ring (bicyclic) bond motifs is 1. The molecule has 22 heavy (non-hydrogen) atoms. The number of aromatic nitrogens is 1. The number of hydrogen-bond donors (Lipinski definition) is 2. The standard InChI is InChI=1S/C16H10N2O3S/c1-8-11-13(20)10(7-17)15(21)18-16(11)22-14(8)12(19)9-5-3-2-4-6-9/h2-6H,1H3,(H2,18,20,21). The van der Waals surface area contributed by atoms with Gasteiger partial charge in [0.25, 0.3) is 5.56 Å². The molecule has 108 valence electrons. The molecule has 0 spiro atoms. The molecule has 0 aliphatic rings. The van der Waals surface area contributed by atoms with Crippen molar-refractivity contribution in [3.63, 3.8) is 0 Å². The van der Waals surface area contributed by atoms with Crippen LogP contribution in [-0.4, -0.2) is 15.9 Å². The zero-order valence-electron chi connectivity index (χ0n) is 11.5. The van der Waals surface area contributed by atoms with Gasteiger partial charge in [-0.05, 0) is 12.5 Å². The van der Waals surface area contributed by atoms with Gasteiger partial charge in [-0.25, -0.2) is 0 Å². The molecule has 0 aliphatic carbocycles. The van der Waals surface area contributed by atoms with E-state index < -0.39 is 5.56 Å². The number of H-pyrrole nitrogens is 1. The summed E-state index contributed by atoms with van der Waals surface area (Å²) in [5.41, 5.74) is 0.0816. The van der Waals surface area contributed by atoms with E-state index in [9.17, 15) is 14.7 Å². The smallest absolute Gasteiger partial charge is 0.270 e. The minimum atomic E-state index is -0.660. The lowest BCUT2D eigenvalue weighted by Crippen LogP contribution is -2.09. The predicted molar refractivity (Wildman–Crippen MR) is 83.4 cm³/mol. The summed E-state index contributed by atoms with van der Waals surface area (Å²) >= 11 is 1.10. The summed E-state index contributed by atoms with van der Waals surface area (Å²) in [6.45, 7) is 1.69. The van der Waals surface area contributed by atoms with Crippen molar-refractivity contribution in [1.82, 2.24) is 4.98 Å². The summed E-state index contributed by atoms with van der Waals surface area (Å²) in [7, 11) is 0. The van der Waals surface area contributed by atoms with Crippen LogP contribution in [0, 0.1) is 18.3 Å². The van der Waals surface area contributed by atoms with Gasteiger partial charge in [0.2, 0.25) is 5.78 Å². The molecule has 0 bridgehead atoms. The Balaban J connectivity index is 2.28. The van der Waals surface area contributed by atoms with E-state index in [2.05, 4.69) is 4.98 Å². The van der Waals surface area contributed by atoms with Crippen LogP contribution in [0.3, 0.4) is 0 Å². The van der Waals surface area contributed by atoms with Crippen molar-refractivity contribution in [2.75, 3.05) is 0 Å². The second-order valence-corrected chi connectivity index (χ2v) is 5.77. The van der Waals surface area contributed by atoms with Crippen molar-refractivity contribution >= 4 is 27.3 Å². The number of benzene rings is 1. The van der Waals surface area contributed by atoms with Crippen LogP contribution in [0.2, 0.25) is 0 Å². The lowest BCUT2D eigenvalue weighted by molar-refractivity contribution is 0.104. The molecule has 2 aromatic heterocycles. The molecule has 0 fully saturated rings. The highest BCUT2D eigenvalue weighted by molar-refractivity contribution is 7.20. The number of nitrogens with one attached hydrogen (secondary N) is 1. The fourth-order valence-electron chi connectivity index (χ4n) is 2.33. The summed E-state index contributed by atoms with van der Waals surface area (Å²) < 4.78 is 0. The van der Waals surface area contributed by atoms with Crippen LogP contribution < -0.4 is 5.56 Å². The topological polar surface area (TPSA) is 94.0 Å². The Hall–Kier alpha value is -2.91. The number of aryl methyl sites for hydroxylation is 1. The molecule has 0 aliphatic heterocycles. The monoisotopic (exact) mass is 310 g/mol. The number of thiophene rings is 1. The van der Waals surface area contributed by atoms with Gasteiger partial charge in [0, 0.05) is 5.56 Å².